The van der Waals surface area contributed by atoms with E-state index in [0.717, 1.165) is 57.7 Å². The van der Waals surface area contributed by atoms with Crippen molar-refractivity contribution in [3.05, 3.63) is 35.6 Å². The van der Waals surface area contributed by atoms with Crippen molar-refractivity contribution < 1.29 is 14.2 Å². The summed E-state index contributed by atoms with van der Waals surface area (Å²) in [6, 6.07) is 7.29. The first-order chi connectivity index (χ1) is 11.2. The average molecular weight is 322 g/mol. The molecule has 4 nitrogen and oxygen atoms in total. The molecule has 1 aromatic rings. The van der Waals surface area contributed by atoms with Gasteiger partial charge >= 0.3 is 0 Å². The monoisotopic (exact) mass is 322 g/mol. The number of aliphatic hydroxyl groups is 1. The zero-order valence-electron chi connectivity index (χ0n) is 13.7. The maximum Gasteiger partial charge on any atom is 0.123 e. The summed E-state index contributed by atoms with van der Waals surface area (Å²) in [4.78, 5) is 4.64. The third-order valence-electron chi connectivity index (χ3n) is 4.88. The molecule has 0 aromatic heterocycles. The van der Waals surface area contributed by atoms with Crippen molar-refractivity contribution in [3.63, 3.8) is 0 Å². The summed E-state index contributed by atoms with van der Waals surface area (Å²) in [5, 5.41) is 10.4. The molecule has 2 heterocycles. The lowest BCUT2D eigenvalue weighted by molar-refractivity contribution is 0.00592. The van der Waals surface area contributed by atoms with Crippen LogP contribution >= 0.6 is 0 Å². The Morgan fingerprint density at radius 1 is 1.22 bits per heavy atom. The Morgan fingerprint density at radius 2 is 2.04 bits per heavy atom. The highest BCUT2D eigenvalue weighted by molar-refractivity contribution is 5.17. The molecule has 0 saturated carbocycles. The van der Waals surface area contributed by atoms with E-state index in [0.29, 0.717) is 19.1 Å². The molecule has 2 aliphatic rings. The third kappa shape index (κ3) is 4.98. The molecule has 0 aliphatic carbocycles. The molecular formula is C18H27FN2O2. The van der Waals surface area contributed by atoms with Crippen molar-refractivity contribution in [2.75, 3.05) is 45.9 Å². The number of likely N-dealkylation sites (tertiary alicyclic amines) is 1. The number of morpholine rings is 1. The lowest BCUT2D eigenvalue weighted by atomic mass is 10.0. The fraction of sp³-hybridized carbons (Fsp3) is 0.667. The van der Waals surface area contributed by atoms with Gasteiger partial charge in [0.05, 0.1) is 19.3 Å². The van der Waals surface area contributed by atoms with E-state index in [1.807, 2.05) is 6.07 Å². The minimum Gasteiger partial charge on any atom is -0.390 e. The smallest absolute Gasteiger partial charge is 0.123 e. The van der Waals surface area contributed by atoms with Crippen LogP contribution in [0.15, 0.2) is 24.3 Å². The minimum absolute atomic E-state index is 0.167. The van der Waals surface area contributed by atoms with Gasteiger partial charge in [-0.2, -0.15) is 0 Å². The van der Waals surface area contributed by atoms with Crippen molar-refractivity contribution in [2.24, 2.45) is 0 Å². The second-order valence-corrected chi connectivity index (χ2v) is 6.69. The number of halogens is 1. The van der Waals surface area contributed by atoms with Gasteiger partial charge in [0.2, 0.25) is 0 Å². The summed E-state index contributed by atoms with van der Waals surface area (Å²) in [5.41, 5.74) is 1.05. The molecule has 1 N–H and O–H groups in total. The van der Waals surface area contributed by atoms with Crippen LogP contribution in [0.4, 0.5) is 4.39 Å². The first kappa shape index (κ1) is 16.8. The normalized spacial score (nSPS) is 24.9. The Balaban J connectivity index is 1.50. The van der Waals surface area contributed by atoms with Crippen molar-refractivity contribution in [2.45, 2.75) is 31.4 Å². The molecule has 1 aromatic carbocycles. The van der Waals surface area contributed by atoms with E-state index in [1.54, 1.807) is 12.1 Å². The predicted molar refractivity (Wildman–Crippen MR) is 88.0 cm³/mol. The average Bonchev–Trinajstić information content (AvgIpc) is 2.95. The van der Waals surface area contributed by atoms with Crippen molar-refractivity contribution in [3.8, 4) is 0 Å². The van der Waals surface area contributed by atoms with Crippen molar-refractivity contribution in [1.82, 2.24) is 9.80 Å². The van der Waals surface area contributed by atoms with Crippen LogP contribution in [0.3, 0.4) is 0 Å². The molecule has 2 atom stereocenters. The number of β-amino-alcohol motifs (C(OH)–C–C–N with tert-alkyl or cyclic N) is 1. The van der Waals surface area contributed by atoms with Gasteiger partial charge in [-0.25, -0.2) is 4.39 Å². The maximum atomic E-state index is 13.3. The Labute approximate surface area is 137 Å². The summed E-state index contributed by atoms with van der Waals surface area (Å²) in [7, 11) is 0. The van der Waals surface area contributed by atoms with Gasteiger partial charge in [0.25, 0.3) is 0 Å². The molecule has 3 rings (SSSR count). The highest BCUT2D eigenvalue weighted by atomic mass is 19.1. The molecule has 0 spiro atoms. The van der Waals surface area contributed by atoms with Crippen LogP contribution in [0, 0.1) is 5.82 Å². The van der Waals surface area contributed by atoms with Crippen LogP contribution in [0.25, 0.3) is 0 Å². The minimum atomic E-state index is -0.332. The van der Waals surface area contributed by atoms with E-state index in [-0.39, 0.29) is 11.9 Å². The number of benzene rings is 1. The third-order valence-corrected chi connectivity index (χ3v) is 4.88. The van der Waals surface area contributed by atoms with E-state index in [2.05, 4.69) is 9.80 Å². The second-order valence-electron chi connectivity index (χ2n) is 6.69. The van der Waals surface area contributed by atoms with Crippen molar-refractivity contribution >= 4 is 0 Å². The van der Waals surface area contributed by atoms with Gasteiger partial charge < -0.3 is 9.84 Å². The van der Waals surface area contributed by atoms with E-state index < -0.39 is 0 Å². The van der Waals surface area contributed by atoms with Crippen LogP contribution in [0.2, 0.25) is 0 Å². The number of nitrogens with zero attached hydrogens (tertiary/aromatic N) is 2. The van der Waals surface area contributed by atoms with E-state index in [4.69, 9.17) is 4.74 Å². The van der Waals surface area contributed by atoms with Gasteiger partial charge in [-0.05, 0) is 43.5 Å². The summed E-state index contributed by atoms with van der Waals surface area (Å²) in [5.74, 6) is -0.167. The molecule has 2 aliphatic heterocycles. The Hall–Kier alpha value is -1.01. The van der Waals surface area contributed by atoms with Gasteiger partial charge in [0.15, 0.2) is 0 Å². The quantitative estimate of drug-likeness (QED) is 0.862. The number of hydrogen-bond acceptors (Lipinski definition) is 4. The van der Waals surface area contributed by atoms with Crippen LogP contribution < -0.4 is 0 Å². The van der Waals surface area contributed by atoms with E-state index in [1.165, 1.54) is 6.07 Å². The topological polar surface area (TPSA) is 35.9 Å². The number of hydrogen-bond donors (Lipinski definition) is 1. The first-order valence-electron chi connectivity index (χ1n) is 8.67. The summed E-state index contributed by atoms with van der Waals surface area (Å²) >= 11 is 0. The summed E-state index contributed by atoms with van der Waals surface area (Å²) < 4.78 is 18.7. The molecule has 0 amide bonds. The lowest BCUT2D eigenvalue weighted by Gasteiger charge is -2.32. The molecule has 2 fully saturated rings. The highest BCUT2D eigenvalue weighted by Crippen LogP contribution is 2.22. The van der Waals surface area contributed by atoms with Crippen LogP contribution in [-0.2, 0) is 11.2 Å². The van der Waals surface area contributed by atoms with E-state index in [9.17, 15) is 9.50 Å². The van der Waals surface area contributed by atoms with Gasteiger partial charge in [0.1, 0.15) is 5.82 Å². The summed E-state index contributed by atoms with van der Waals surface area (Å²) in [6.07, 6.45) is 2.81. The molecule has 5 heteroatoms. The molecule has 0 bridgehead atoms. The SMILES string of the molecule is OC(CN1CCOCC1)CN1CCCC1Cc1cccc(F)c1. The van der Waals surface area contributed by atoms with Gasteiger partial charge in [-0.1, -0.05) is 12.1 Å². The van der Waals surface area contributed by atoms with Gasteiger partial charge in [-0.15, -0.1) is 0 Å². The van der Waals surface area contributed by atoms with E-state index >= 15 is 0 Å². The second kappa shape index (κ2) is 8.20. The summed E-state index contributed by atoms with van der Waals surface area (Å²) in [6.45, 7) is 5.79. The number of aliphatic hydroxyl groups excluding tert-OH is 1. The zero-order chi connectivity index (χ0) is 16.1. The largest absolute Gasteiger partial charge is 0.390 e. The fourth-order valence-electron chi connectivity index (χ4n) is 3.71. The van der Waals surface area contributed by atoms with Crippen molar-refractivity contribution in [1.29, 1.82) is 0 Å². The highest BCUT2D eigenvalue weighted by Gasteiger charge is 2.27. The molecule has 128 valence electrons. The van der Waals surface area contributed by atoms with Gasteiger partial charge in [0, 0.05) is 32.2 Å². The molecule has 0 radical (unpaired) electrons. The molecule has 23 heavy (non-hydrogen) atoms. The Morgan fingerprint density at radius 3 is 2.83 bits per heavy atom. The number of ether oxygens (including phenoxy) is 1. The Kier molecular flexibility index (Phi) is 6.00. The lowest BCUT2D eigenvalue weighted by Crippen LogP contribution is -2.45. The van der Waals surface area contributed by atoms with Gasteiger partial charge in [-0.3, -0.25) is 9.80 Å². The Bertz CT molecular complexity index is 494. The number of rotatable bonds is 6. The first-order valence-corrected chi connectivity index (χ1v) is 8.67. The molecule has 2 unspecified atom stereocenters. The zero-order valence-corrected chi connectivity index (χ0v) is 13.7. The predicted octanol–water partition coefficient (Wildman–Crippen LogP) is 1.53. The van der Waals surface area contributed by atoms with Crippen LogP contribution in [0.1, 0.15) is 18.4 Å². The molecular weight excluding hydrogens is 295 g/mol. The standard InChI is InChI=1S/C18H27FN2O2/c19-16-4-1-3-15(11-16)12-17-5-2-6-21(17)14-18(22)13-20-7-9-23-10-8-20/h1,3-4,11,17-18,22H,2,5-10,12-14H2. The van der Waals surface area contributed by atoms with Crippen LogP contribution in [0.5, 0.6) is 0 Å². The fourth-order valence-corrected chi connectivity index (χ4v) is 3.71. The molecule has 2 saturated heterocycles. The maximum absolute atomic E-state index is 13.3. The van der Waals surface area contributed by atoms with Crippen LogP contribution in [-0.4, -0.2) is 73.0 Å².